The summed E-state index contributed by atoms with van der Waals surface area (Å²) in [5.41, 5.74) is 1.05. The van der Waals surface area contributed by atoms with Crippen molar-refractivity contribution in [1.82, 2.24) is 10.2 Å². The van der Waals surface area contributed by atoms with Crippen LogP contribution in [0.3, 0.4) is 0 Å². The van der Waals surface area contributed by atoms with Crippen LogP contribution >= 0.6 is 34.8 Å². The molecule has 0 aliphatic heterocycles. The molecule has 0 spiro atoms. The number of nitrogens with one attached hydrogen (secondary N) is 1. The number of halogens is 3. The molecule has 0 heterocycles. The van der Waals surface area contributed by atoms with E-state index in [4.69, 9.17) is 34.8 Å². The molecule has 11 heteroatoms. The van der Waals surface area contributed by atoms with Gasteiger partial charge in [0, 0.05) is 33.6 Å². The average molecular weight is 687 g/mol. The van der Waals surface area contributed by atoms with E-state index in [1.165, 1.54) is 35.2 Å². The van der Waals surface area contributed by atoms with E-state index in [0.717, 1.165) is 9.87 Å². The highest BCUT2D eigenvalue weighted by molar-refractivity contribution is 7.92. The lowest BCUT2D eigenvalue weighted by atomic mass is 10.0. The fourth-order valence-electron chi connectivity index (χ4n) is 4.73. The lowest BCUT2D eigenvalue weighted by Gasteiger charge is -2.35. The Hall–Kier alpha value is -3.56. The standard InChI is InChI=1S/C34H34Cl3N3O4S/c1-34(2,3)38-33(42)31(18-24-10-6-4-7-11-24)39(22-25-14-16-26(35)17-15-25)32(41)23-40(29-20-27(36)19-28(37)21-29)45(43,44)30-12-8-5-9-13-30/h4-17,19-21,31H,18,22-23H2,1-3H3,(H,38,42). The molecule has 0 bridgehead atoms. The summed E-state index contributed by atoms with van der Waals surface area (Å²) in [6.07, 6.45) is 0.191. The zero-order valence-corrected chi connectivity index (χ0v) is 28.2. The first-order valence-corrected chi connectivity index (χ1v) is 16.7. The van der Waals surface area contributed by atoms with E-state index in [1.807, 2.05) is 51.1 Å². The number of carbonyl (C=O) groups excluding carboxylic acids is 2. The zero-order chi connectivity index (χ0) is 32.8. The normalized spacial score (nSPS) is 12.3. The SMILES string of the molecule is CC(C)(C)NC(=O)C(Cc1ccccc1)N(Cc1ccc(Cl)cc1)C(=O)CN(c1cc(Cl)cc(Cl)c1)S(=O)(=O)c1ccccc1. The molecule has 2 amide bonds. The maximum absolute atomic E-state index is 14.5. The lowest BCUT2D eigenvalue weighted by molar-refractivity contribution is -0.140. The number of carbonyl (C=O) groups is 2. The highest BCUT2D eigenvalue weighted by atomic mass is 35.5. The van der Waals surface area contributed by atoms with Gasteiger partial charge in [0.05, 0.1) is 10.6 Å². The van der Waals surface area contributed by atoms with E-state index < -0.39 is 34.1 Å². The number of amides is 2. The van der Waals surface area contributed by atoms with Crippen LogP contribution in [0.1, 0.15) is 31.9 Å². The minimum Gasteiger partial charge on any atom is -0.350 e. The van der Waals surface area contributed by atoms with E-state index in [0.29, 0.717) is 10.6 Å². The van der Waals surface area contributed by atoms with Gasteiger partial charge in [-0.15, -0.1) is 0 Å². The Balaban J connectivity index is 1.83. The smallest absolute Gasteiger partial charge is 0.264 e. The molecule has 4 aromatic carbocycles. The molecule has 236 valence electrons. The quantitative estimate of drug-likeness (QED) is 0.178. The van der Waals surface area contributed by atoms with Crippen LogP contribution in [0.25, 0.3) is 0 Å². The van der Waals surface area contributed by atoms with Crippen LogP contribution in [0.4, 0.5) is 5.69 Å². The summed E-state index contributed by atoms with van der Waals surface area (Å²) in [4.78, 5) is 29.8. The number of rotatable bonds is 11. The van der Waals surface area contributed by atoms with Gasteiger partial charge >= 0.3 is 0 Å². The molecular formula is C34H34Cl3N3O4S. The fraction of sp³-hybridized carbons (Fsp3) is 0.235. The number of sulfonamides is 1. The van der Waals surface area contributed by atoms with Crippen molar-refractivity contribution in [3.63, 3.8) is 0 Å². The van der Waals surface area contributed by atoms with Gasteiger partial charge in [0.2, 0.25) is 11.8 Å². The first kappa shape index (κ1) is 34.3. The Morgan fingerprint density at radius 2 is 1.31 bits per heavy atom. The van der Waals surface area contributed by atoms with Crippen molar-refractivity contribution in [2.24, 2.45) is 0 Å². The predicted molar refractivity (Wildman–Crippen MR) is 181 cm³/mol. The monoisotopic (exact) mass is 685 g/mol. The summed E-state index contributed by atoms with van der Waals surface area (Å²) in [5.74, 6) is -0.984. The minimum atomic E-state index is -4.28. The van der Waals surface area contributed by atoms with Crippen molar-refractivity contribution in [1.29, 1.82) is 0 Å². The molecule has 0 saturated heterocycles. The molecule has 0 aliphatic rings. The Morgan fingerprint density at radius 3 is 1.87 bits per heavy atom. The number of hydrogen-bond donors (Lipinski definition) is 1. The summed E-state index contributed by atoms with van der Waals surface area (Å²) >= 11 is 18.7. The van der Waals surface area contributed by atoms with Crippen LogP contribution < -0.4 is 9.62 Å². The molecule has 0 fully saturated rings. The van der Waals surface area contributed by atoms with Crippen LogP contribution in [0.15, 0.2) is 108 Å². The molecule has 1 N–H and O–H groups in total. The van der Waals surface area contributed by atoms with Gasteiger partial charge in [0.25, 0.3) is 10.0 Å². The largest absolute Gasteiger partial charge is 0.350 e. The summed E-state index contributed by atoms with van der Waals surface area (Å²) < 4.78 is 29.1. The van der Waals surface area contributed by atoms with E-state index in [9.17, 15) is 18.0 Å². The van der Waals surface area contributed by atoms with Gasteiger partial charge in [-0.2, -0.15) is 0 Å². The van der Waals surface area contributed by atoms with Gasteiger partial charge < -0.3 is 10.2 Å². The molecule has 0 saturated carbocycles. The summed E-state index contributed by atoms with van der Waals surface area (Å²) in [6, 6.07) is 27.4. The van der Waals surface area contributed by atoms with E-state index >= 15 is 0 Å². The fourth-order valence-corrected chi connectivity index (χ4v) is 6.78. The lowest BCUT2D eigenvalue weighted by Crippen LogP contribution is -2.56. The third-order valence-electron chi connectivity index (χ3n) is 6.78. The second kappa shape index (κ2) is 14.7. The van der Waals surface area contributed by atoms with Crippen molar-refractivity contribution in [3.05, 3.63) is 129 Å². The molecule has 1 unspecified atom stereocenters. The summed E-state index contributed by atoms with van der Waals surface area (Å²) in [6.45, 7) is 4.95. The van der Waals surface area contributed by atoms with E-state index in [1.54, 1.807) is 42.5 Å². The van der Waals surface area contributed by atoms with Gasteiger partial charge in [0.1, 0.15) is 12.6 Å². The highest BCUT2D eigenvalue weighted by Crippen LogP contribution is 2.30. The van der Waals surface area contributed by atoms with Gasteiger partial charge in [-0.25, -0.2) is 8.42 Å². The second-order valence-electron chi connectivity index (χ2n) is 11.5. The average Bonchev–Trinajstić information content (AvgIpc) is 2.98. The number of hydrogen-bond acceptors (Lipinski definition) is 4. The summed E-state index contributed by atoms with van der Waals surface area (Å²) in [7, 11) is -4.28. The van der Waals surface area contributed by atoms with E-state index in [-0.39, 0.29) is 39.5 Å². The van der Waals surface area contributed by atoms with Gasteiger partial charge in [-0.1, -0.05) is 95.5 Å². The maximum Gasteiger partial charge on any atom is 0.264 e. The Labute approximate surface area is 279 Å². The molecule has 7 nitrogen and oxygen atoms in total. The Kier molecular flexibility index (Phi) is 11.2. The Bertz CT molecular complexity index is 1710. The van der Waals surface area contributed by atoms with Gasteiger partial charge in [-0.05, 0) is 74.4 Å². The molecule has 0 aromatic heterocycles. The molecule has 0 radical (unpaired) electrons. The van der Waals surface area contributed by atoms with Crippen LogP contribution in [0.5, 0.6) is 0 Å². The van der Waals surface area contributed by atoms with Gasteiger partial charge in [-0.3, -0.25) is 13.9 Å². The molecule has 4 aromatic rings. The van der Waals surface area contributed by atoms with Crippen LogP contribution in [0.2, 0.25) is 15.1 Å². The predicted octanol–water partition coefficient (Wildman–Crippen LogP) is 7.40. The summed E-state index contributed by atoms with van der Waals surface area (Å²) in [5, 5.41) is 3.91. The first-order valence-electron chi connectivity index (χ1n) is 14.2. The van der Waals surface area contributed by atoms with Crippen LogP contribution in [-0.4, -0.2) is 43.3 Å². The van der Waals surface area contributed by atoms with Crippen LogP contribution in [0, 0.1) is 0 Å². The number of anilines is 1. The number of nitrogens with zero attached hydrogens (tertiary/aromatic N) is 2. The van der Waals surface area contributed by atoms with Crippen LogP contribution in [-0.2, 0) is 32.6 Å². The van der Waals surface area contributed by atoms with Crippen molar-refractivity contribution >= 4 is 62.3 Å². The maximum atomic E-state index is 14.5. The first-order chi connectivity index (χ1) is 21.2. The molecule has 1 atom stereocenters. The van der Waals surface area contributed by atoms with Crippen molar-refractivity contribution in [2.45, 2.75) is 50.2 Å². The number of benzene rings is 4. The van der Waals surface area contributed by atoms with E-state index in [2.05, 4.69) is 5.32 Å². The molecule has 4 rings (SSSR count). The molecule has 0 aliphatic carbocycles. The highest BCUT2D eigenvalue weighted by Gasteiger charge is 2.35. The molecular weight excluding hydrogens is 653 g/mol. The molecule has 45 heavy (non-hydrogen) atoms. The third kappa shape index (κ3) is 9.47. The van der Waals surface area contributed by atoms with Gasteiger partial charge in [0.15, 0.2) is 0 Å². The second-order valence-corrected chi connectivity index (χ2v) is 14.7. The van der Waals surface area contributed by atoms with Crippen molar-refractivity contribution in [2.75, 3.05) is 10.8 Å². The minimum absolute atomic E-state index is 0.0145. The third-order valence-corrected chi connectivity index (χ3v) is 9.26. The van der Waals surface area contributed by atoms with Crippen molar-refractivity contribution in [3.8, 4) is 0 Å². The topological polar surface area (TPSA) is 86.8 Å². The Morgan fingerprint density at radius 1 is 0.756 bits per heavy atom. The zero-order valence-electron chi connectivity index (χ0n) is 25.1. The van der Waals surface area contributed by atoms with Crippen molar-refractivity contribution < 1.29 is 18.0 Å².